The number of nitrogens with zero attached hydrogens (tertiary/aromatic N) is 1. The number of aryl methyl sites for hydroxylation is 2. The number of rotatable bonds is 5. The first-order valence-corrected chi connectivity index (χ1v) is 8.34. The van der Waals surface area contributed by atoms with Gasteiger partial charge in [-0.15, -0.1) is 0 Å². The van der Waals surface area contributed by atoms with E-state index in [1.54, 1.807) is 12.3 Å². The first kappa shape index (κ1) is 16.7. The molecule has 0 atom stereocenters. The van der Waals surface area contributed by atoms with Crippen LogP contribution in [0.1, 0.15) is 28.5 Å². The van der Waals surface area contributed by atoms with Crippen LogP contribution in [-0.4, -0.2) is 10.9 Å². The van der Waals surface area contributed by atoms with Crippen molar-refractivity contribution in [2.45, 2.75) is 20.3 Å². The molecule has 0 bridgehead atoms. The fourth-order valence-corrected chi connectivity index (χ4v) is 2.42. The van der Waals surface area contributed by atoms with E-state index in [1.807, 2.05) is 49.4 Å². The number of hydrogen-bond donors (Lipinski definition) is 2. The van der Waals surface area contributed by atoms with Gasteiger partial charge in [0.2, 0.25) is 0 Å². The van der Waals surface area contributed by atoms with Crippen LogP contribution in [0.15, 0.2) is 66.9 Å². The SMILES string of the molecule is CCc1ccc(Nc2ccc(C(=O)Nc3ccc(C)cc3)nc2)cc1. The van der Waals surface area contributed by atoms with Crippen LogP contribution in [0.25, 0.3) is 0 Å². The van der Waals surface area contributed by atoms with Crippen LogP contribution in [0.4, 0.5) is 17.1 Å². The predicted molar refractivity (Wildman–Crippen MR) is 102 cm³/mol. The lowest BCUT2D eigenvalue weighted by Gasteiger charge is -2.08. The Hall–Kier alpha value is -3.14. The summed E-state index contributed by atoms with van der Waals surface area (Å²) in [6, 6.07) is 19.5. The van der Waals surface area contributed by atoms with E-state index >= 15 is 0 Å². The Kier molecular flexibility index (Phi) is 5.09. The van der Waals surface area contributed by atoms with E-state index in [9.17, 15) is 4.79 Å². The Labute approximate surface area is 147 Å². The molecule has 0 radical (unpaired) electrons. The number of nitrogens with one attached hydrogen (secondary N) is 2. The number of aromatic nitrogens is 1. The van der Waals surface area contributed by atoms with Crippen LogP contribution in [-0.2, 0) is 6.42 Å². The van der Waals surface area contributed by atoms with E-state index < -0.39 is 0 Å². The third-order valence-electron chi connectivity index (χ3n) is 3.96. The molecule has 3 aromatic rings. The van der Waals surface area contributed by atoms with Crippen LogP contribution >= 0.6 is 0 Å². The summed E-state index contributed by atoms with van der Waals surface area (Å²) in [5.41, 5.74) is 5.43. The molecule has 1 amide bonds. The highest BCUT2D eigenvalue weighted by Gasteiger charge is 2.07. The predicted octanol–water partition coefficient (Wildman–Crippen LogP) is 4.95. The second-order valence-electron chi connectivity index (χ2n) is 5.93. The second-order valence-corrected chi connectivity index (χ2v) is 5.93. The van der Waals surface area contributed by atoms with E-state index in [0.717, 1.165) is 29.0 Å². The summed E-state index contributed by atoms with van der Waals surface area (Å²) in [5.74, 6) is -0.220. The van der Waals surface area contributed by atoms with Crippen molar-refractivity contribution < 1.29 is 4.79 Å². The lowest BCUT2D eigenvalue weighted by molar-refractivity contribution is 0.102. The van der Waals surface area contributed by atoms with Crippen LogP contribution in [0, 0.1) is 6.92 Å². The minimum absolute atomic E-state index is 0.220. The molecule has 25 heavy (non-hydrogen) atoms. The van der Waals surface area contributed by atoms with Crippen LogP contribution in [0.3, 0.4) is 0 Å². The molecule has 4 heteroatoms. The van der Waals surface area contributed by atoms with E-state index in [0.29, 0.717) is 5.69 Å². The molecular weight excluding hydrogens is 310 g/mol. The topological polar surface area (TPSA) is 54.0 Å². The van der Waals surface area contributed by atoms with E-state index in [1.165, 1.54) is 5.56 Å². The lowest BCUT2D eigenvalue weighted by Crippen LogP contribution is -2.13. The molecule has 4 nitrogen and oxygen atoms in total. The number of carbonyl (C=O) groups is 1. The highest BCUT2D eigenvalue weighted by molar-refractivity contribution is 6.02. The van der Waals surface area contributed by atoms with Gasteiger partial charge in [-0.3, -0.25) is 4.79 Å². The van der Waals surface area contributed by atoms with Gasteiger partial charge in [0.15, 0.2) is 0 Å². The number of pyridine rings is 1. The average molecular weight is 331 g/mol. The fourth-order valence-electron chi connectivity index (χ4n) is 2.42. The highest BCUT2D eigenvalue weighted by Crippen LogP contribution is 2.17. The zero-order valence-electron chi connectivity index (χ0n) is 14.4. The highest BCUT2D eigenvalue weighted by atomic mass is 16.1. The average Bonchev–Trinajstić information content (AvgIpc) is 2.65. The number of hydrogen-bond acceptors (Lipinski definition) is 3. The third-order valence-corrected chi connectivity index (χ3v) is 3.96. The zero-order chi connectivity index (χ0) is 17.6. The quantitative estimate of drug-likeness (QED) is 0.695. The second kappa shape index (κ2) is 7.62. The summed E-state index contributed by atoms with van der Waals surface area (Å²) in [6.07, 6.45) is 2.68. The first-order chi connectivity index (χ1) is 12.1. The summed E-state index contributed by atoms with van der Waals surface area (Å²) in [4.78, 5) is 16.5. The van der Waals surface area contributed by atoms with Crippen molar-refractivity contribution in [3.05, 3.63) is 83.7 Å². The van der Waals surface area contributed by atoms with Gasteiger partial charge in [-0.25, -0.2) is 4.98 Å². The van der Waals surface area contributed by atoms with Gasteiger partial charge in [0, 0.05) is 11.4 Å². The van der Waals surface area contributed by atoms with Gasteiger partial charge in [-0.2, -0.15) is 0 Å². The zero-order valence-corrected chi connectivity index (χ0v) is 14.4. The van der Waals surface area contributed by atoms with Gasteiger partial charge in [-0.05, 0) is 55.3 Å². The molecule has 0 unspecified atom stereocenters. The van der Waals surface area contributed by atoms with Crippen LogP contribution in [0.5, 0.6) is 0 Å². The molecular formula is C21H21N3O. The number of carbonyl (C=O) groups excluding carboxylic acids is 1. The van der Waals surface area contributed by atoms with Crippen molar-refractivity contribution in [2.75, 3.05) is 10.6 Å². The van der Waals surface area contributed by atoms with Gasteiger partial charge in [-0.1, -0.05) is 36.8 Å². The van der Waals surface area contributed by atoms with Gasteiger partial charge in [0.25, 0.3) is 5.91 Å². The monoisotopic (exact) mass is 331 g/mol. The first-order valence-electron chi connectivity index (χ1n) is 8.34. The minimum atomic E-state index is -0.220. The van der Waals surface area contributed by atoms with Gasteiger partial charge >= 0.3 is 0 Å². The van der Waals surface area contributed by atoms with Gasteiger partial charge in [0.1, 0.15) is 5.69 Å². The van der Waals surface area contributed by atoms with E-state index in [2.05, 4.69) is 34.7 Å². The molecule has 2 N–H and O–H groups in total. The largest absolute Gasteiger partial charge is 0.354 e. The molecule has 2 aromatic carbocycles. The minimum Gasteiger partial charge on any atom is -0.354 e. The van der Waals surface area contributed by atoms with Crippen molar-refractivity contribution >= 4 is 23.0 Å². The summed E-state index contributed by atoms with van der Waals surface area (Å²) in [7, 11) is 0. The van der Waals surface area contributed by atoms with Crippen molar-refractivity contribution in [1.82, 2.24) is 4.98 Å². The molecule has 1 aromatic heterocycles. The third kappa shape index (κ3) is 4.44. The number of anilines is 3. The molecule has 0 spiro atoms. The van der Waals surface area contributed by atoms with Crippen molar-refractivity contribution in [2.24, 2.45) is 0 Å². The molecule has 0 fully saturated rings. The maximum atomic E-state index is 12.2. The number of benzene rings is 2. The normalized spacial score (nSPS) is 10.3. The Morgan fingerprint density at radius 1 is 0.880 bits per heavy atom. The standard InChI is InChI=1S/C21H21N3O/c1-3-16-6-10-17(11-7-16)23-19-12-13-20(22-14-19)21(25)24-18-8-4-15(2)5-9-18/h4-14,23H,3H2,1-2H3,(H,24,25). The number of amides is 1. The summed E-state index contributed by atoms with van der Waals surface area (Å²) < 4.78 is 0. The molecule has 0 aliphatic carbocycles. The maximum absolute atomic E-state index is 12.2. The van der Waals surface area contributed by atoms with Gasteiger partial charge < -0.3 is 10.6 Å². The van der Waals surface area contributed by atoms with Crippen LogP contribution in [0.2, 0.25) is 0 Å². The molecule has 0 aliphatic rings. The van der Waals surface area contributed by atoms with Gasteiger partial charge in [0.05, 0.1) is 11.9 Å². The molecule has 0 saturated heterocycles. The van der Waals surface area contributed by atoms with E-state index in [-0.39, 0.29) is 5.91 Å². The Morgan fingerprint density at radius 3 is 2.12 bits per heavy atom. The molecule has 0 aliphatic heterocycles. The Bertz CT molecular complexity index is 838. The molecule has 0 saturated carbocycles. The van der Waals surface area contributed by atoms with E-state index in [4.69, 9.17) is 0 Å². The Morgan fingerprint density at radius 2 is 1.52 bits per heavy atom. The smallest absolute Gasteiger partial charge is 0.274 e. The lowest BCUT2D eigenvalue weighted by atomic mass is 10.1. The molecule has 1 heterocycles. The van der Waals surface area contributed by atoms with Crippen molar-refractivity contribution in [3.8, 4) is 0 Å². The molecule has 126 valence electrons. The fraction of sp³-hybridized carbons (Fsp3) is 0.143. The Balaban J connectivity index is 1.64. The summed E-state index contributed by atoms with van der Waals surface area (Å²) >= 11 is 0. The van der Waals surface area contributed by atoms with Crippen LogP contribution < -0.4 is 10.6 Å². The maximum Gasteiger partial charge on any atom is 0.274 e. The molecule has 3 rings (SSSR count). The van der Waals surface area contributed by atoms with Crippen molar-refractivity contribution in [1.29, 1.82) is 0 Å². The van der Waals surface area contributed by atoms with Crippen molar-refractivity contribution in [3.63, 3.8) is 0 Å². The summed E-state index contributed by atoms with van der Waals surface area (Å²) in [5, 5.41) is 6.13. The summed E-state index contributed by atoms with van der Waals surface area (Å²) in [6.45, 7) is 4.14.